The van der Waals surface area contributed by atoms with Gasteiger partial charge in [0.25, 0.3) is 0 Å². The van der Waals surface area contributed by atoms with Gasteiger partial charge in [0.2, 0.25) is 15.9 Å². The quantitative estimate of drug-likeness (QED) is 0.854. The number of hydrogen-bond acceptors (Lipinski definition) is 4. The second-order valence-corrected chi connectivity index (χ2v) is 8.74. The molecule has 0 radical (unpaired) electrons. The Kier molecular flexibility index (Phi) is 5.82. The molecule has 1 N–H and O–H groups in total. The number of carbonyl (C=O) groups excluding carboxylic acids is 1. The van der Waals surface area contributed by atoms with Gasteiger partial charge in [0.1, 0.15) is 5.75 Å². The second kappa shape index (κ2) is 8.10. The third kappa shape index (κ3) is 4.87. The minimum absolute atomic E-state index is 0.141. The number of methoxy groups -OCH3 is 1. The molecule has 1 heterocycles. The number of nitrogens with one attached hydrogen (secondary N) is 1. The highest BCUT2D eigenvalue weighted by Gasteiger charge is 2.30. The summed E-state index contributed by atoms with van der Waals surface area (Å²) in [6.07, 6.45) is 2.57. The number of benzene rings is 2. The van der Waals surface area contributed by atoms with Crippen molar-refractivity contribution in [2.75, 3.05) is 31.8 Å². The van der Waals surface area contributed by atoms with E-state index < -0.39 is 10.0 Å². The average Bonchev–Trinajstić information content (AvgIpc) is 2.68. The van der Waals surface area contributed by atoms with Gasteiger partial charge < -0.3 is 10.1 Å². The van der Waals surface area contributed by atoms with Gasteiger partial charge in [0.15, 0.2) is 0 Å². The number of nitrogens with zero attached hydrogens (tertiary/aromatic N) is 1. The van der Waals surface area contributed by atoms with Crippen molar-refractivity contribution in [3.63, 3.8) is 0 Å². The van der Waals surface area contributed by atoms with Crippen molar-refractivity contribution in [1.82, 2.24) is 4.31 Å². The van der Waals surface area contributed by atoms with E-state index in [9.17, 15) is 13.2 Å². The van der Waals surface area contributed by atoms with Crippen LogP contribution in [0.2, 0.25) is 0 Å². The first-order valence-electron chi connectivity index (χ1n) is 8.87. The van der Waals surface area contributed by atoms with E-state index in [1.54, 1.807) is 7.11 Å². The van der Waals surface area contributed by atoms with Crippen molar-refractivity contribution in [1.29, 1.82) is 0 Å². The molecule has 1 aliphatic rings. The molecule has 0 saturated carbocycles. The number of hydrogen-bond donors (Lipinski definition) is 1. The van der Waals surface area contributed by atoms with Gasteiger partial charge in [0, 0.05) is 18.8 Å². The lowest BCUT2D eigenvalue weighted by Crippen LogP contribution is -2.43. The molecule has 1 aliphatic heterocycles. The third-order valence-electron chi connectivity index (χ3n) is 4.78. The van der Waals surface area contributed by atoms with E-state index in [4.69, 9.17) is 4.74 Å². The summed E-state index contributed by atoms with van der Waals surface area (Å²) in [4.78, 5) is 12.5. The molecule has 1 amide bonds. The fourth-order valence-electron chi connectivity index (χ4n) is 3.25. The molecule has 0 spiro atoms. The lowest BCUT2D eigenvalue weighted by Gasteiger charge is -2.30. The fourth-order valence-corrected chi connectivity index (χ4v) is 4.16. The maximum atomic E-state index is 12.5. The highest BCUT2D eigenvalue weighted by atomic mass is 32.2. The number of piperidine rings is 1. The van der Waals surface area contributed by atoms with Crippen LogP contribution < -0.4 is 10.1 Å². The Bertz CT molecular complexity index is 910. The normalized spacial score (nSPS) is 18.1. The van der Waals surface area contributed by atoms with Crippen molar-refractivity contribution in [2.24, 2.45) is 5.92 Å². The Morgan fingerprint density at radius 2 is 1.89 bits per heavy atom. The summed E-state index contributed by atoms with van der Waals surface area (Å²) < 4.78 is 30.1. The predicted molar refractivity (Wildman–Crippen MR) is 106 cm³/mol. The largest absolute Gasteiger partial charge is 0.497 e. The molecule has 27 heavy (non-hydrogen) atoms. The molecule has 0 aromatic heterocycles. The number of rotatable bonds is 5. The number of anilines is 1. The molecule has 2 aromatic carbocycles. The Morgan fingerprint density at radius 3 is 2.56 bits per heavy atom. The van der Waals surface area contributed by atoms with Gasteiger partial charge in [-0.15, -0.1) is 0 Å². The Morgan fingerprint density at radius 1 is 1.15 bits per heavy atom. The summed E-state index contributed by atoms with van der Waals surface area (Å²) in [6, 6.07) is 15.4. The van der Waals surface area contributed by atoms with Gasteiger partial charge >= 0.3 is 0 Å². The molecule has 1 saturated heterocycles. The molecule has 1 unspecified atom stereocenters. The molecular formula is C20H24N2O4S. The third-order valence-corrected chi connectivity index (χ3v) is 6.05. The number of sulfonamides is 1. The van der Waals surface area contributed by atoms with E-state index in [0.717, 1.165) is 16.9 Å². The Hall–Kier alpha value is -2.38. The van der Waals surface area contributed by atoms with Crippen molar-refractivity contribution in [3.05, 3.63) is 48.5 Å². The number of amides is 1. The fraction of sp³-hybridized carbons (Fsp3) is 0.350. The molecule has 0 bridgehead atoms. The minimum atomic E-state index is -3.26. The van der Waals surface area contributed by atoms with Crippen LogP contribution in [0.1, 0.15) is 12.8 Å². The van der Waals surface area contributed by atoms with Crippen LogP contribution in [0.3, 0.4) is 0 Å². The smallest absolute Gasteiger partial charge is 0.228 e. The van der Waals surface area contributed by atoms with Gasteiger partial charge in [-0.3, -0.25) is 4.79 Å². The first kappa shape index (κ1) is 19.4. The van der Waals surface area contributed by atoms with Crippen LogP contribution in [0.5, 0.6) is 5.75 Å². The summed E-state index contributed by atoms with van der Waals surface area (Å²) >= 11 is 0. The topological polar surface area (TPSA) is 75.7 Å². The summed E-state index contributed by atoms with van der Waals surface area (Å²) in [6.45, 7) is 0.727. The maximum Gasteiger partial charge on any atom is 0.228 e. The van der Waals surface area contributed by atoms with E-state index in [1.807, 2.05) is 48.5 Å². The average molecular weight is 388 g/mol. The van der Waals surface area contributed by atoms with Gasteiger partial charge in [-0.1, -0.05) is 24.3 Å². The van der Waals surface area contributed by atoms with Gasteiger partial charge in [-0.05, 0) is 48.2 Å². The van der Waals surface area contributed by atoms with Crippen molar-refractivity contribution in [2.45, 2.75) is 12.8 Å². The van der Waals surface area contributed by atoms with Gasteiger partial charge in [-0.2, -0.15) is 0 Å². The van der Waals surface area contributed by atoms with Crippen LogP contribution >= 0.6 is 0 Å². The lowest BCUT2D eigenvalue weighted by atomic mass is 9.98. The van der Waals surface area contributed by atoms with E-state index >= 15 is 0 Å². The van der Waals surface area contributed by atoms with Crippen LogP contribution in [0.15, 0.2) is 48.5 Å². The van der Waals surface area contributed by atoms with Crippen LogP contribution in [0, 0.1) is 5.92 Å². The van der Waals surface area contributed by atoms with E-state index in [-0.39, 0.29) is 18.4 Å². The van der Waals surface area contributed by atoms with E-state index in [1.165, 1.54) is 10.6 Å². The van der Waals surface area contributed by atoms with Crippen LogP contribution in [0.4, 0.5) is 5.69 Å². The minimum Gasteiger partial charge on any atom is -0.497 e. The number of carbonyl (C=O) groups is 1. The van der Waals surface area contributed by atoms with Crippen LogP contribution in [-0.4, -0.2) is 45.1 Å². The highest BCUT2D eigenvalue weighted by Crippen LogP contribution is 2.26. The molecule has 7 heteroatoms. The zero-order chi connectivity index (χ0) is 19.4. The van der Waals surface area contributed by atoms with Gasteiger partial charge in [-0.25, -0.2) is 12.7 Å². The summed E-state index contributed by atoms with van der Waals surface area (Å²) in [5.74, 6) is 0.321. The lowest BCUT2D eigenvalue weighted by molar-refractivity contribution is -0.120. The first-order chi connectivity index (χ1) is 12.9. The molecule has 6 nitrogen and oxygen atoms in total. The standard InChI is InChI=1S/C20H24N2O4S/c1-26-19-7-3-5-16(13-19)15-8-10-18(11-9-15)21-20(23)17-6-4-12-22(14-17)27(2,24)25/h3,5,7-11,13,17H,4,6,12,14H2,1-2H3,(H,21,23). The SMILES string of the molecule is COc1cccc(-c2ccc(NC(=O)C3CCCN(S(C)(=O)=O)C3)cc2)c1. The summed E-state index contributed by atoms with van der Waals surface area (Å²) in [7, 11) is -1.63. The van der Waals surface area contributed by atoms with Crippen molar-refractivity contribution < 1.29 is 17.9 Å². The summed E-state index contributed by atoms with van der Waals surface area (Å²) in [5.41, 5.74) is 2.75. The van der Waals surface area contributed by atoms with Crippen LogP contribution in [-0.2, 0) is 14.8 Å². The second-order valence-electron chi connectivity index (χ2n) is 6.76. The molecule has 1 fully saturated rings. The van der Waals surface area contributed by atoms with Crippen molar-refractivity contribution >= 4 is 21.6 Å². The molecule has 3 rings (SSSR count). The number of ether oxygens (including phenoxy) is 1. The molecule has 0 aliphatic carbocycles. The van der Waals surface area contributed by atoms with E-state index in [2.05, 4.69) is 5.32 Å². The van der Waals surface area contributed by atoms with Gasteiger partial charge in [0.05, 0.1) is 19.3 Å². The Balaban J connectivity index is 1.66. The predicted octanol–water partition coefficient (Wildman–Crippen LogP) is 2.97. The maximum absolute atomic E-state index is 12.5. The molecule has 144 valence electrons. The van der Waals surface area contributed by atoms with E-state index in [0.29, 0.717) is 25.1 Å². The summed E-state index contributed by atoms with van der Waals surface area (Å²) in [5, 5.41) is 2.90. The van der Waals surface area contributed by atoms with Crippen molar-refractivity contribution in [3.8, 4) is 16.9 Å². The molecular weight excluding hydrogens is 364 g/mol. The zero-order valence-corrected chi connectivity index (χ0v) is 16.3. The highest BCUT2D eigenvalue weighted by molar-refractivity contribution is 7.88. The monoisotopic (exact) mass is 388 g/mol. The molecule has 2 aromatic rings. The Labute approximate surface area is 160 Å². The molecule has 1 atom stereocenters. The zero-order valence-electron chi connectivity index (χ0n) is 15.5. The first-order valence-corrected chi connectivity index (χ1v) is 10.7. The van der Waals surface area contributed by atoms with Crippen LogP contribution in [0.25, 0.3) is 11.1 Å².